The van der Waals surface area contributed by atoms with E-state index < -0.39 is 97.1 Å². The minimum Gasteiger partial charge on any atom is -0.370 e. The monoisotopic (exact) mass is 1120 g/mol. The summed E-state index contributed by atoms with van der Waals surface area (Å²) in [5.74, 6) is -6.30. The van der Waals surface area contributed by atoms with Gasteiger partial charge in [0.15, 0.2) is 11.9 Å². The first-order chi connectivity index (χ1) is 37.8. The molecule has 0 bridgehead atoms. The summed E-state index contributed by atoms with van der Waals surface area (Å²) >= 11 is 0. The van der Waals surface area contributed by atoms with E-state index in [4.69, 9.17) is 51.6 Å². The van der Waals surface area contributed by atoms with Gasteiger partial charge in [-0.15, -0.1) is 0 Å². The highest BCUT2D eigenvalue weighted by Gasteiger charge is 2.27. The first-order valence-corrected chi connectivity index (χ1v) is 27.6. The number of carbonyl (C=O) groups is 10. The molecule has 79 heavy (non-hydrogen) atoms. The lowest BCUT2D eigenvalue weighted by Crippen LogP contribution is -2.54. The molecule has 0 aliphatic heterocycles. The predicted octanol–water partition coefficient (Wildman–Crippen LogP) is -5.68. The second kappa shape index (κ2) is 46.0. The second-order valence-corrected chi connectivity index (χ2v) is 19.0. The fourth-order valence-electron chi connectivity index (χ4n) is 7.69. The molecular weight excluding hydrogens is 1030 g/mol. The van der Waals surface area contributed by atoms with Crippen LogP contribution in [0.1, 0.15) is 141 Å². The molecule has 0 aliphatic carbocycles. The van der Waals surface area contributed by atoms with Crippen LogP contribution in [-0.2, 0) is 47.9 Å². The standard InChI is InChI=1S/C49H96N20O10/c50-23-9-1-4-16-33(43(54)75)65-40(72)30-62-47(79)37(20-15-29-61-49(57)58)69-42(74)32-64-46(78)36(19-14-26-53)68-41(73)31-63-45(77)35(17-7-11-25-52)67-39(71)22-6-3-12-27-59-44(76)34(18-8-13-28-60-48(55)56)66-38(70)21-5-2-10-24-51/h33-37H,1-32,50-53H2,(H2,54,75)(H,59,76)(H,62,79)(H,63,77)(H,64,78)(H,65,72)(H,66,70)(H,67,71)(H,68,73)(H,69,74)(H4,55,56,60)(H4,57,58,61). The van der Waals surface area contributed by atoms with Gasteiger partial charge < -0.3 is 99.5 Å². The number of aliphatic imine (C=N–C) groups is 2. The Kier molecular flexibility index (Phi) is 42.0. The van der Waals surface area contributed by atoms with Crippen LogP contribution in [-0.4, -0.2) is 167 Å². The third-order valence-electron chi connectivity index (χ3n) is 12.0. The number of unbranched alkanes of at least 4 members (excludes halogenated alkanes) is 8. The van der Waals surface area contributed by atoms with Crippen LogP contribution < -0.4 is 99.5 Å². The minimum absolute atomic E-state index is 0.0184. The topological polar surface area (TPSA) is 538 Å². The zero-order chi connectivity index (χ0) is 59.2. The Morgan fingerprint density at radius 2 is 0.633 bits per heavy atom. The molecule has 10 amide bonds. The fraction of sp³-hybridized carbons (Fsp3) is 0.755. The van der Waals surface area contributed by atoms with E-state index >= 15 is 0 Å². The number of nitrogens with zero attached hydrogens (tertiary/aromatic N) is 2. The molecule has 27 N–H and O–H groups in total. The van der Waals surface area contributed by atoms with Crippen molar-refractivity contribution in [2.75, 3.05) is 65.4 Å². The molecule has 0 spiro atoms. The highest BCUT2D eigenvalue weighted by Crippen LogP contribution is 2.08. The average molecular weight is 1130 g/mol. The number of hydrogen-bond acceptors (Lipinski definition) is 16. The number of hydrogen-bond donors (Lipinski definition) is 18. The maximum Gasteiger partial charge on any atom is 0.243 e. The summed E-state index contributed by atoms with van der Waals surface area (Å²) in [5.41, 5.74) is 49.4. The Labute approximate surface area is 464 Å². The lowest BCUT2D eigenvalue weighted by Gasteiger charge is -2.21. The third-order valence-corrected chi connectivity index (χ3v) is 12.0. The summed E-state index contributed by atoms with van der Waals surface area (Å²) in [7, 11) is 0. The molecule has 5 atom stereocenters. The molecule has 0 aliphatic rings. The maximum atomic E-state index is 13.3. The normalized spacial score (nSPS) is 12.7. The van der Waals surface area contributed by atoms with Crippen molar-refractivity contribution in [3.8, 4) is 0 Å². The predicted molar refractivity (Wildman–Crippen MR) is 300 cm³/mol. The summed E-state index contributed by atoms with van der Waals surface area (Å²) in [6.45, 7) is 0.604. The van der Waals surface area contributed by atoms with Crippen LogP contribution in [0.15, 0.2) is 9.98 Å². The molecule has 0 rings (SSSR count). The van der Waals surface area contributed by atoms with Gasteiger partial charge in [-0.2, -0.15) is 0 Å². The summed E-state index contributed by atoms with van der Waals surface area (Å²) < 4.78 is 0. The number of nitrogens with one attached hydrogen (secondary N) is 9. The van der Waals surface area contributed by atoms with Crippen LogP contribution in [0.2, 0.25) is 0 Å². The van der Waals surface area contributed by atoms with Crippen LogP contribution in [0.4, 0.5) is 0 Å². The van der Waals surface area contributed by atoms with Crippen molar-refractivity contribution in [3.05, 3.63) is 0 Å². The van der Waals surface area contributed by atoms with Gasteiger partial charge in [-0.3, -0.25) is 57.9 Å². The average Bonchev–Trinajstić information content (AvgIpc) is 3.40. The smallest absolute Gasteiger partial charge is 0.243 e. The molecule has 0 aromatic rings. The van der Waals surface area contributed by atoms with Gasteiger partial charge in [-0.25, -0.2) is 0 Å². The van der Waals surface area contributed by atoms with E-state index in [1.807, 2.05) is 0 Å². The van der Waals surface area contributed by atoms with E-state index in [0.717, 1.165) is 25.7 Å². The van der Waals surface area contributed by atoms with Crippen molar-refractivity contribution in [2.24, 2.45) is 61.6 Å². The van der Waals surface area contributed by atoms with Gasteiger partial charge in [0.05, 0.1) is 19.6 Å². The summed E-state index contributed by atoms with van der Waals surface area (Å²) in [6.07, 6.45) is 10.0. The molecular formula is C49H96N20O10. The molecule has 0 heterocycles. The second-order valence-electron chi connectivity index (χ2n) is 19.0. The first-order valence-electron chi connectivity index (χ1n) is 27.6. The number of carbonyl (C=O) groups excluding carboxylic acids is 10. The Morgan fingerprint density at radius 1 is 0.316 bits per heavy atom. The SMILES string of the molecule is NCCCCCC(=O)NC(CCCCN=C(N)N)C(=O)NCCCCCC(=O)NC(CCCCN)C(=O)NCC(=O)NC(CCCN)C(=O)NCC(=O)NC(CCCN=C(N)N)C(=O)NCC(=O)NC(CCCCCN)C(N)=O. The van der Waals surface area contributed by atoms with Gasteiger partial charge in [0.1, 0.15) is 30.2 Å². The molecule has 0 saturated carbocycles. The van der Waals surface area contributed by atoms with Crippen molar-refractivity contribution in [3.63, 3.8) is 0 Å². The third kappa shape index (κ3) is 39.2. The van der Waals surface area contributed by atoms with Gasteiger partial charge >= 0.3 is 0 Å². The van der Waals surface area contributed by atoms with E-state index in [-0.39, 0.29) is 81.8 Å². The highest BCUT2D eigenvalue weighted by molar-refractivity contribution is 5.95. The quantitative estimate of drug-likeness (QED) is 0.0153. The number of primary amides is 1. The van der Waals surface area contributed by atoms with Gasteiger partial charge in [0.25, 0.3) is 0 Å². The maximum absolute atomic E-state index is 13.3. The molecule has 30 nitrogen and oxygen atoms in total. The number of amides is 10. The van der Waals surface area contributed by atoms with E-state index in [1.165, 1.54) is 0 Å². The van der Waals surface area contributed by atoms with Crippen molar-refractivity contribution in [2.45, 2.75) is 171 Å². The van der Waals surface area contributed by atoms with Crippen molar-refractivity contribution >= 4 is 71.0 Å². The summed E-state index contributed by atoms with van der Waals surface area (Å²) in [5, 5.41) is 23.3. The van der Waals surface area contributed by atoms with E-state index in [1.54, 1.807) is 0 Å². The molecule has 452 valence electrons. The lowest BCUT2D eigenvalue weighted by atomic mass is 10.1. The van der Waals surface area contributed by atoms with E-state index in [9.17, 15) is 47.9 Å². The van der Waals surface area contributed by atoms with Gasteiger partial charge in [0.2, 0.25) is 59.1 Å². The number of guanidine groups is 2. The fourth-order valence-corrected chi connectivity index (χ4v) is 7.69. The molecule has 5 unspecified atom stereocenters. The Hall–Kier alpha value is -6.92. The zero-order valence-electron chi connectivity index (χ0n) is 46.2. The van der Waals surface area contributed by atoms with E-state index in [0.29, 0.717) is 103 Å². The summed E-state index contributed by atoms with van der Waals surface area (Å²) in [4.78, 5) is 137. The van der Waals surface area contributed by atoms with Crippen molar-refractivity contribution in [1.29, 1.82) is 0 Å². The van der Waals surface area contributed by atoms with Gasteiger partial charge in [-0.05, 0) is 129 Å². The molecule has 0 saturated heterocycles. The van der Waals surface area contributed by atoms with Crippen molar-refractivity contribution in [1.82, 2.24) is 47.9 Å². The highest BCUT2D eigenvalue weighted by atomic mass is 16.2. The molecule has 0 aromatic carbocycles. The molecule has 30 heteroatoms. The van der Waals surface area contributed by atoms with Crippen LogP contribution >= 0.6 is 0 Å². The van der Waals surface area contributed by atoms with E-state index in [2.05, 4.69) is 57.8 Å². The van der Waals surface area contributed by atoms with Gasteiger partial charge in [0, 0.05) is 32.5 Å². The Morgan fingerprint density at radius 3 is 1.06 bits per heavy atom. The van der Waals surface area contributed by atoms with Crippen LogP contribution in [0.3, 0.4) is 0 Å². The largest absolute Gasteiger partial charge is 0.370 e. The van der Waals surface area contributed by atoms with Crippen LogP contribution in [0.5, 0.6) is 0 Å². The van der Waals surface area contributed by atoms with Crippen LogP contribution in [0, 0.1) is 0 Å². The lowest BCUT2D eigenvalue weighted by molar-refractivity contribution is -0.133. The molecule has 0 radical (unpaired) electrons. The minimum atomic E-state index is -1.21. The molecule has 0 aromatic heterocycles. The van der Waals surface area contributed by atoms with Crippen LogP contribution in [0.25, 0.3) is 0 Å². The Balaban J connectivity index is 5.39. The summed E-state index contributed by atoms with van der Waals surface area (Å²) in [6, 6.07) is -5.11. The molecule has 0 fully saturated rings. The van der Waals surface area contributed by atoms with Crippen molar-refractivity contribution < 1.29 is 47.9 Å². The number of nitrogens with two attached hydrogens (primary N) is 9. The number of rotatable bonds is 48. The Bertz CT molecular complexity index is 1900. The van der Waals surface area contributed by atoms with Gasteiger partial charge in [-0.1, -0.05) is 25.7 Å². The zero-order valence-corrected chi connectivity index (χ0v) is 46.2. The first kappa shape index (κ1) is 72.1.